The zero-order valence-electron chi connectivity index (χ0n) is 10.8. The highest BCUT2D eigenvalue weighted by Crippen LogP contribution is 1.99. The largest absolute Gasteiger partial charge is 0.334 e. The molecule has 0 unspecified atom stereocenters. The molecule has 0 atom stereocenters. The summed E-state index contributed by atoms with van der Waals surface area (Å²) < 4.78 is 0. The molecular formula is C14H22N2O. The van der Waals surface area contributed by atoms with Crippen LogP contribution in [0.2, 0.25) is 0 Å². The number of benzene rings is 1. The second kappa shape index (κ2) is 7.71. The van der Waals surface area contributed by atoms with Gasteiger partial charge < -0.3 is 10.2 Å². The Bertz CT molecular complexity index is 318. The predicted octanol–water partition coefficient (Wildman–Crippen LogP) is 3.02. The van der Waals surface area contributed by atoms with E-state index in [-0.39, 0.29) is 6.03 Å². The molecule has 0 bridgehead atoms. The molecule has 0 fully saturated rings. The molecule has 3 nitrogen and oxygen atoms in total. The van der Waals surface area contributed by atoms with Crippen LogP contribution >= 0.6 is 0 Å². The van der Waals surface area contributed by atoms with E-state index in [4.69, 9.17) is 0 Å². The summed E-state index contributed by atoms with van der Waals surface area (Å²) in [4.78, 5) is 13.8. The van der Waals surface area contributed by atoms with Crippen molar-refractivity contribution in [3.8, 4) is 0 Å². The van der Waals surface area contributed by atoms with Crippen molar-refractivity contribution < 1.29 is 4.79 Å². The SMILES string of the molecule is CCCN(CCC)C(=O)NCc1ccccc1. The number of hydrogen-bond acceptors (Lipinski definition) is 1. The molecule has 1 rings (SSSR count). The van der Waals surface area contributed by atoms with Crippen LogP contribution in [-0.2, 0) is 6.54 Å². The maximum Gasteiger partial charge on any atom is 0.317 e. The van der Waals surface area contributed by atoms with Gasteiger partial charge in [0.05, 0.1) is 0 Å². The first kappa shape index (κ1) is 13.6. The van der Waals surface area contributed by atoms with E-state index < -0.39 is 0 Å². The van der Waals surface area contributed by atoms with Crippen LogP contribution in [0.25, 0.3) is 0 Å². The number of amides is 2. The van der Waals surface area contributed by atoms with Crippen molar-refractivity contribution >= 4 is 6.03 Å². The van der Waals surface area contributed by atoms with Gasteiger partial charge >= 0.3 is 6.03 Å². The van der Waals surface area contributed by atoms with Crippen molar-refractivity contribution in [3.05, 3.63) is 35.9 Å². The van der Waals surface area contributed by atoms with Crippen LogP contribution in [0.4, 0.5) is 4.79 Å². The topological polar surface area (TPSA) is 32.3 Å². The fourth-order valence-electron chi connectivity index (χ4n) is 1.74. The highest BCUT2D eigenvalue weighted by Gasteiger charge is 2.10. The Morgan fingerprint density at radius 2 is 1.71 bits per heavy atom. The molecule has 94 valence electrons. The number of nitrogens with one attached hydrogen (secondary N) is 1. The van der Waals surface area contributed by atoms with Crippen LogP contribution in [0, 0.1) is 0 Å². The van der Waals surface area contributed by atoms with Gasteiger partial charge in [0.2, 0.25) is 0 Å². The van der Waals surface area contributed by atoms with E-state index in [9.17, 15) is 4.79 Å². The first-order valence-electron chi connectivity index (χ1n) is 6.34. The zero-order valence-corrected chi connectivity index (χ0v) is 10.8. The second-order valence-electron chi connectivity index (χ2n) is 4.13. The van der Waals surface area contributed by atoms with Crippen molar-refractivity contribution in [2.24, 2.45) is 0 Å². The Morgan fingerprint density at radius 3 is 2.24 bits per heavy atom. The van der Waals surface area contributed by atoms with Gasteiger partial charge in [-0.15, -0.1) is 0 Å². The maximum absolute atomic E-state index is 11.9. The van der Waals surface area contributed by atoms with Gasteiger partial charge in [0, 0.05) is 19.6 Å². The highest BCUT2D eigenvalue weighted by molar-refractivity contribution is 5.74. The fourth-order valence-corrected chi connectivity index (χ4v) is 1.74. The van der Waals surface area contributed by atoms with Gasteiger partial charge in [0.15, 0.2) is 0 Å². The Morgan fingerprint density at radius 1 is 1.12 bits per heavy atom. The van der Waals surface area contributed by atoms with Crippen LogP contribution in [0.1, 0.15) is 32.3 Å². The molecular weight excluding hydrogens is 212 g/mol. The highest BCUT2D eigenvalue weighted by atomic mass is 16.2. The number of carbonyl (C=O) groups excluding carboxylic acids is 1. The van der Waals surface area contributed by atoms with E-state index in [1.807, 2.05) is 35.2 Å². The van der Waals surface area contributed by atoms with Gasteiger partial charge in [-0.2, -0.15) is 0 Å². The summed E-state index contributed by atoms with van der Waals surface area (Å²) in [6.07, 6.45) is 2.00. The minimum atomic E-state index is 0.0394. The van der Waals surface area contributed by atoms with Crippen LogP contribution < -0.4 is 5.32 Å². The summed E-state index contributed by atoms with van der Waals surface area (Å²) in [7, 11) is 0. The van der Waals surface area contributed by atoms with E-state index in [0.717, 1.165) is 31.5 Å². The quantitative estimate of drug-likeness (QED) is 0.806. The van der Waals surface area contributed by atoms with Crippen molar-refractivity contribution in [3.63, 3.8) is 0 Å². The normalized spacial score (nSPS) is 10.0. The molecule has 0 aromatic heterocycles. The predicted molar refractivity (Wildman–Crippen MR) is 70.8 cm³/mol. The van der Waals surface area contributed by atoms with E-state index in [1.54, 1.807) is 0 Å². The van der Waals surface area contributed by atoms with Crippen molar-refractivity contribution in [1.29, 1.82) is 0 Å². The lowest BCUT2D eigenvalue weighted by molar-refractivity contribution is 0.197. The van der Waals surface area contributed by atoms with Crippen molar-refractivity contribution in [2.45, 2.75) is 33.2 Å². The Hall–Kier alpha value is -1.51. The van der Waals surface area contributed by atoms with Crippen LogP contribution in [0.3, 0.4) is 0 Å². The van der Waals surface area contributed by atoms with Crippen LogP contribution in [0.15, 0.2) is 30.3 Å². The molecule has 0 saturated carbocycles. The summed E-state index contributed by atoms with van der Waals surface area (Å²) in [5.41, 5.74) is 1.13. The average Bonchev–Trinajstić information content (AvgIpc) is 2.37. The van der Waals surface area contributed by atoms with Gasteiger partial charge in [-0.3, -0.25) is 0 Å². The molecule has 0 aliphatic heterocycles. The molecule has 17 heavy (non-hydrogen) atoms. The first-order valence-corrected chi connectivity index (χ1v) is 6.34. The lowest BCUT2D eigenvalue weighted by atomic mass is 10.2. The third-order valence-electron chi connectivity index (χ3n) is 2.56. The summed E-state index contributed by atoms with van der Waals surface area (Å²) >= 11 is 0. The molecule has 1 aromatic rings. The van der Waals surface area contributed by atoms with E-state index in [0.29, 0.717) is 6.54 Å². The first-order chi connectivity index (χ1) is 8.27. The monoisotopic (exact) mass is 234 g/mol. The van der Waals surface area contributed by atoms with E-state index in [2.05, 4.69) is 19.2 Å². The molecule has 0 spiro atoms. The molecule has 0 aliphatic carbocycles. The molecule has 0 saturated heterocycles. The van der Waals surface area contributed by atoms with Gasteiger partial charge in [0.1, 0.15) is 0 Å². The minimum absolute atomic E-state index is 0.0394. The summed E-state index contributed by atoms with van der Waals surface area (Å²) in [6.45, 7) is 6.44. The molecule has 3 heteroatoms. The maximum atomic E-state index is 11.9. The molecule has 0 heterocycles. The lowest BCUT2D eigenvalue weighted by Crippen LogP contribution is -2.40. The molecule has 0 aliphatic rings. The minimum Gasteiger partial charge on any atom is -0.334 e. The van der Waals surface area contributed by atoms with Gasteiger partial charge in [0.25, 0.3) is 0 Å². The number of rotatable bonds is 6. The Labute approximate surface area is 104 Å². The van der Waals surface area contributed by atoms with Gasteiger partial charge in [-0.1, -0.05) is 44.2 Å². The number of nitrogens with zero attached hydrogens (tertiary/aromatic N) is 1. The van der Waals surface area contributed by atoms with Crippen LogP contribution in [-0.4, -0.2) is 24.0 Å². The number of urea groups is 1. The summed E-state index contributed by atoms with van der Waals surface area (Å²) in [5, 5.41) is 2.96. The number of carbonyl (C=O) groups is 1. The molecule has 1 N–H and O–H groups in total. The van der Waals surface area contributed by atoms with Gasteiger partial charge in [-0.25, -0.2) is 4.79 Å². The summed E-state index contributed by atoms with van der Waals surface area (Å²) in [6, 6.07) is 10.0. The number of hydrogen-bond donors (Lipinski definition) is 1. The summed E-state index contributed by atoms with van der Waals surface area (Å²) in [5.74, 6) is 0. The third-order valence-corrected chi connectivity index (χ3v) is 2.56. The van der Waals surface area contributed by atoms with Crippen molar-refractivity contribution in [1.82, 2.24) is 10.2 Å². The third kappa shape index (κ3) is 4.89. The van der Waals surface area contributed by atoms with Gasteiger partial charge in [-0.05, 0) is 18.4 Å². The van der Waals surface area contributed by atoms with Crippen LogP contribution in [0.5, 0.6) is 0 Å². The fraction of sp³-hybridized carbons (Fsp3) is 0.500. The molecule has 0 radical (unpaired) electrons. The van der Waals surface area contributed by atoms with E-state index in [1.165, 1.54) is 0 Å². The van der Waals surface area contributed by atoms with E-state index >= 15 is 0 Å². The standard InChI is InChI=1S/C14H22N2O/c1-3-10-16(11-4-2)14(17)15-12-13-8-6-5-7-9-13/h5-9H,3-4,10-12H2,1-2H3,(H,15,17). The zero-order chi connectivity index (χ0) is 12.5. The average molecular weight is 234 g/mol. The smallest absolute Gasteiger partial charge is 0.317 e. The Kier molecular flexibility index (Phi) is 6.15. The second-order valence-corrected chi connectivity index (χ2v) is 4.13. The Balaban J connectivity index is 2.41. The molecule has 1 aromatic carbocycles. The lowest BCUT2D eigenvalue weighted by Gasteiger charge is -2.21. The van der Waals surface area contributed by atoms with Crippen molar-refractivity contribution in [2.75, 3.05) is 13.1 Å². The molecule has 2 amide bonds.